The van der Waals surface area contributed by atoms with Gasteiger partial charge in [-0.05, 0) is 48.2 Å². The van der Waals surface area contributed by atoms with Gasteiger partial charge in [-0.15, -0.1) is 0 Å². The number of carbonyl (C=O) groups excluding carboxylic acids is 2. The van der Waals surface area contributed by atoms with Crippen LogP contribution in [0.1, 0.15) is 17.5 Å². The third-order valence-corrected chi connectivity index (χ3v) is 3.97. The van der Waals surface area contributed by atoms with Crippen molar-refractivity contribution in [2.75, 3.05) is 18.5 Å². The molecular weight excluding hydrogens is 323 g/mol. The second kappa shape index (κ2) is 7.79. The van der Waals surface area contributed by atoms with E-state index in [1.54, 1.807) is 12.1 Å². The number of aryl methyl sites for hydroxylation is 1. The van der Waals surface area contributed by atoms with Crippen LogP contribution in [-0.2, 0) is 22.4 Å². The van der Waals surface area contributed by atoms with Crippen LogP contribution < -0.4 is 15.4 Å². The minimum absolute atomic E-state index is 0.0382. The van der Waals surface area contributed by atoms with E-state index in [2.05, 4.69) is 10.6 Å². The van der Waals surface area contributed by atoms with E-state index in [0.29, 0.717) is 37.2 Å². The van der Waals surface area contributed by atoms with Crippen LogP contribution in [0.4, 0.5) is 10.1 Å². The van der Waals surface area contributed by atoms with Crippen LogP contribution in [0.15, 0.2) is 42.5 Å². The molecular formula is C19H19FN2O3. The average molecular weight is 342 g/mol. The number of nitrogens with one attached hydrogen (secondary N) is 2. The number of carbonyl (C=O) groups is 2. The van der Waals surface area contributed by atoms with Gasteiger partial charge in [-0.3, -0.25) is 9.59 Å². The molecule has 0 radical (unpaired) electrons. The maximum Gasteiger partial charge on any atom is 0.262 e. The zero-order valence-corrected chi connectivity index (χ0v) is 13.7. The van der Waals surface area contributed by atoms with Crippen molar-refractivity contribution in [1.29, 1.82) is 0 Å². The Morgan fingerprint density at radius 1 is 1.12 bits per heavy atom. The molecule has 0 aromatic heterocycles. The van der Waals surface area contributed by atoms with Crippen LogP contribution in [0.25, 0.3) is 0 Å². The number of amides is 2. The standard InChI is InChI=1S/C19H19FN2O3/c20-15-5-1-13(2-6-15)4-8-18(23)21-10-9-14-3-7-17-16(11-14)22-19(24)12-25-17/h1-3,5-7,11H,4,8-10,12H2,(H,21,23)(H,22,24). The molecule has 0 spiro atoms. The Kier molecular flexibility index (Phi) is 5.28. The van der Waals surface area contributed by atoms with Gasteiger partial charge in [-0.1, -0.05) is 18.2 Å². The molecule has 0 saturated heterocycles. The van der Waals surface area contributed by atoms with Gasteiger partial charge in [0.05, 0.1) is 5.69 Å². The van der Waals surface area contributed by atoms with E-state index in [1.165, 1.54) is 12.1 Å². The zero-order valence-electron chi connectivity index (χ0n) is 13.7. The first-order chi connectivity index (χ1) is 12.1. The fourth-order valence-corrected chi connectivity index (χ4v) is 2.63. The molecule has 2 amide bonds. The van der Waals surface area contributed by atoms with Gasteiger partial charge < -0.3 is 15.4 Å². The minimum Gasteiger partial charge on any atom is -0.482 e. The van der Waals surface area contributed by atoms with E-state index in [-0.39, 0.29) is 24.2 Å². The number of hydrogen-bond acceptors (Lipinski definition) is 3. The molecule has 1 aliphatic rings. The van der Waals surface area contributed by atoms with Gasteiger partial charge in [-0.25, -0.2) is 4.39 Å². The summed E-state index contributed by atoms with van der Waals surface area (Å²) in [6.45, 7) is 0.548. The highest BCUT2D eigenvalue weighted by Crippen LogP contribution is 2.28. The lowest BCUT2D eigenvalue weighted by Gasteiger charge is -2.18. The monoisotopic (exact) mass is 342 g/mol. The van der Waals surface area contributed by atoms with Crippen LogP contribution in [0.5, 0.6) is 5.75 Å². The maximum atomic E-state index is 12.8. The molecule has 2 N–H and O–H groups in total. The Morgan fingerprint density at radius 3 is 2.68 bits per heavy atom. The van der Waals surface area contributed by atoms with E-state index in [0.717, 1.165) is 11.1 Å². The molecule has 1 aliphatic heterocycles. The van der Waals surface area contributed by atoms with Crippen molar-refractivity contribution >= 4 is 17.5 Å². The number of fused-ring (bicyclic) bond motifs is 1. The smallest absolute Gasteiger partial charge is 0.262 e. The summed E-state index contributed by atoms with van der Waals surface area (Å²) in [7, 11) is 0. The predicted molar refractivity (Wildman–Crippen MR) is 92.0 cm³/mol. The van der Waals surface area contributed by atoms with E-state index in [4.69, 9.17) is 4.74 Å². The molecule has 1 heterocycles. The Hall–Kier alpha value is -2.89. The highest BCUT2D eigenvalue weighted by Gasteiger charge is 2.15. The highest BCUT2D eigenvalue weighted by molar-refractivity contribution is 5.95. The van der Waals surface area contributed by atoms with Crippen LogP contribution in [0.3, 0.4) is 0 Å². The third kappa shape index (κ3) is 4.79. The van der Waals surface area contributed by atoms with Crippen molar-refractivity contribution in [1.82, 2.24) is 5.32 Å². The minimum atomic E-state index is -0.278. The molecule has 0 saturated carbocycles. The Balaban J connectivity index is 1.43. The Bertz CT molecular complexity index is 775. The summed E-state index contributed by atoms with van der Waals surface area (Å²) in [6.07, 6.45) is 1.60. The van der Waals surface area contributed by atoms with Crippen LogP contribution in [0.2, 0.25) is 0 Å². The number of benzene rings is 2. The first-order valence-corrected chi connectivity index (χ1v) is 8.17. The topological polar surface area (TPSA) is 67.4 Å². The number of rotatable bonds is 6. The van der Waals surface area contributed by atoms with Crippen molar-refractivity contribution in [3.05, 3.63) is 59.4 Å². The van der Waals surface area contributed by atoms with Crippen molar-refractivity contribution in [2.45, 2.75) is 19.3 Å². The van der Waals surface area contributed by atoms with Gasteiger partial charge in [0.15, 0.2) is 6.61 Å². The summed E-state index contributed by atoms with van der Waals surface area (Å²) < 4.78 is 18.1. The fourth-order valence-electron chi connectivity index (χ4n) is 2.63. The molecule has 0 unspecified atom stereocenters. The summed E-state index contributed by atoms with van der Waals surface area (Å²) in [5.41, 5.74) is 2.60. The molecule has 3 rings (SSSR count). The second-order valence-corrected chi connectivity index (χ2v) is 5.89. The van der Waals surface area contributed by atoms with Gasteiger partial charge >= 0.3 is 0 Å². The van der Waals surface area contributed by atoms with Gasteiger partial charge in [0.1, 0.15) is 11.6 Å². The van der Waals surface area contributed by atoms with Gasteiger partial charge in [0.2, 0.25) is 5.91 Å². The van der Waals surface area contributed by atoms with Gasteiger partial charge in [-0.2, -0.15) is 0 Å². The number of halogens is 1. The average Bonchev–Trinajstić information content (AvgIpc) is 2.61. The van der Waals surface area contributed by atoms with Crippen molar-refractivity contribution in [2.24, 2.45) is 0 Å². The predicted octanol–water partition coefficient (Wildman–Crippen LogP) is 2.45. The quantitative estimate of drug-likeness (QED) is 0.847. The number of anilines is 1. The number of hydrogen-bond donors (Lipinski definition) is 2. The first kappa shape index (κ1) is 17.0. The molecule has 0 bridgehead atoms. The van der Waals surface area contributed by atoms with Crippen molar-refractivity contribution < 1.29 is 18.7 Å². The van der Waals surface area contributed by atoms with Gasteiger partial charge in [0.25, 0.3) is 5.91 Å². The summed E-state index contributed by atoms with van der Waals surface area (Å²) in [4.78, 5) is 23.2. The number of ether oxygens (including phenoxy) is 1. The van der Waals surface area contributed by atoms with E-state index >= 15 is 0 Å². The molecule has 130 valence electrons. The second-order valence-electron chi connectivity index (χ2n) is 5.89. The molecule has 6 heteroatoms. The molecule has 5 nitrogen and oxygen atoms in total. The van der Waals surface area contributed by atoms with E-state index in [9.17, 15) is 14.0 Å². The molecule has 2 aromatic rings. The normalized spacial score (nSPS) is 12.8. The lowest BCUT2D eigenvalue weighted by molar-refractivity contribution is -0.121. The maximum absolute atomic E-state index is 12.8. The van der Waals surface area contributed by atoms with Crippen molar-refractivity contribution in [3.8, 4) is 5.75 Å². The fraction of sp³-hybridized carbons (Fsp3) is 0.263. The van der Waals surface area contributed by atoms with Crippen LogP contribution in [-0.4, -0.2) is 25.0 Å². The summed E-state index contributed by atoms with van der Waals surface area (Å²) in [5, 5.41) is 5.63. The third-order valence-electron chi connectivity index (χ3n) is 3.97. The lowest BCUT2D eigenvalue weighted by atomic mass is 10.1. The Morgan fingerprint density at radius 2 is 1.88 bits per heavy atom. The largest absolute Gasteiger partial charge is 0.482 e. The first-order valence-electron chi connectivity index (χ1n) is 8.17. The highest BCUT2D eigenvalue weighted by atomic mass is 19.1. The summed E-state index contributed by atoms with van der Waals surface area (Å²) >= 11 is 0. The molecule has 2 aromatic carbocycles. The SMILES string of the molecule is O=C(CCc1ccc(F)cc1)NCCc1ccc2c(c1)NC(=O)CO2. The van der Waals surface area contributed by atoms with Crippen LogP contribution >= 0.6 is 0 Å². The van der Waals surface area contributed by atoms with Crippen molar-refractivity contribution in [3.63, 3.8) is 0 Å². The molecule has 0 fully saturated rings. The molecule has 25 heavy (non-hydrogen) atoms. The Labute approximate surface area is 145 Å². The lowest BCUT2D eigenvalue weighted by Crippen LogP contribution is -2.26. The molecule has 0 atom stereocenters. The van der Waals surface area contributed by atoms with E-state index < -0.39 is 0 Å². The zero-order chi connectivity index (χ0) is 17.6. The summed E-state index contributed by atoms with van der Waals surface area (Å²) in [5.74, 6) is 0.171. The molecule has 0 aliphatic carbocycles. The summed E-state index contributed by atoms with van der Waals surface area (Å²) in [6, 6.07) is 11.8. The van der Waals surface area contributed by atoms with Gasteiger partial charge in [0, 0.05) is 13.0 Å². The van der Waals surface area contributed by atoms with Crippen LogP contribution in [0, 0.1) is 5.82 Å². The van der Waals surface area contributed by atoms with E-state index in [1.807, 2.05) is 18.2 Å².